The molecular formula is C12H12O3. The average molecular weight is 204 g/mol. The van der Waals surface area contributed by atoms with Crippen molar-refractivity contribution in [1.82, 2.24) is 0 Å². The van der Waals surface area contributed by atoms with Crippen molar-refractivity contribution in [1.29, 1.82) is 0 Å². The Labute approximate surface area is 87.3 Å². The van der Waals surface area contributed by atoms with E-state index in [9.17, 15) is 4.79 Å². The van der Waals surface area contributed by atoms with Crippen molar-refractivity contribution >= 4 is 16.9 Å². The summed E-state index contributed by atoms with van der Waals surface area (Å²) in [7, 11) is 0. The van der Waals surface area contributed by atoms with Crippen molar-refractivity contribution < 1.29 is 14.3 Å². The Morgan fingerprint density at radius 3 is 2.80 bits per heavy atom. The number of carbonyl (C=O) groups is 1. The molecule has 1 heterocycles. The van der Waals surface area contributed by atoms with Gasteiger partial charge < -0.3 is 9.52 Å². The first-order chi connectivity index (χ1) is 7.15. The highest BCUT2D eigenvalue weighted by molar-refractivity contribution is 5.95. The summed E-state index contributed by atoms with van der Waals surface area (Å²) in [6.45, 7) is 3.79. The molecule has 1 aromatic heterocycles. The fourth-order valence-electron chi connectivity index (χ4n) is 1.78. The van der Waals surface area contributed by atoms with E-state index in [4.69, 9.17) is 9.52 Å². The zero-order valence-electron chi connectivity index (χ0n) is 8.70. The average Bonchev–Trinajstić information content (AvgIpc) is 2.56. The predicted octanol–water partition coefficient (Wildman–Crippen LogP) is 3.00. The third-order valence-corrected chi connectivity index (χ3v) is 2.62. The molecule has 2 rings (SSSR count). The Hall–Kier alpha value is -1.77. The molecule has 1 N–H and O–H groups in total. The van der Waals surface area contributed by atoms with Crippen LogP contribution in [-0.4, -0.2) is 11.1 Å². The molecule has 15 heavy (non-hydrogen) atoms. The first-order valence-electron chi connectivity index (χ1n) is 4.89. The van der Waals surface area contributed by atoms with Crippen LogP contribution in [0.2, 0.25) is 0 Å². The van der Waals surface area contributed by atoms with Gasteiger partial charge >= 0.3 is 5.97 Å². The molecular weight excluding hydrogens is 192 g/mol. The summed E-state index contributed by atoms with van der Waals surface area (Å²) in [6, 6.07) is 5.77. The molecule has 1 aromatic carbocycles. The van der Waals surface area contributed by atoms with Crippen molar-refractivity contribution in [3.05, 3.63) is 35.1 Å². The number of carboxylic acids is 1. The Morgan fingerprint density at radius 1 is 1.47 bits per heavy atom. The van der Waals surface area contributed by atoms with Crippen molar-refractivity contribution in [2.45, 2.75) is 20.3 Å². The van der Waals surface area contributed by atoms with Crippen LogP contribution in [0, 0.1) is 6.92 Å². The minimum Gasteiger partial charge on any atom is -0.475 e. The molecule has 0 aliphatic carbocycles. The van der Waals surface area contributed by atoms with Crippen molar-refractivity contribution in [2.24, 2.45) is 0 Å². The van der Waals surface area contributed by atoms with Gasteiger partial charge in [0.05, 0.1) is 0 Å². The van der Waals surface area contributed by atoms with Crippen LogP contribution in [-0.2, 0) is 6.42 Å². The fraction of sp³-hybridized carbons (Fsp3) is 0.250. The van der Waals surface area contributed by atoms with Crippen LogP contribution < -0.4 is 0 Å². The summed E-state index contributed by atoms with van der Waals surface area (Å²) < 4.78 is 5.38. The summed E-state index contributed by atoms with van der Waals surface area (Å²) in [6.07, 6.45) is 0.837. The fourth-order valence-corrected chi connectivity index (χ4v) is 1.78. The van der Waals surface area contributed by atoms with Crippen molar-refractivity contribution in [2.75, 3.05) is 0 Å². The monoisotopic (exact) mass is 204 g/mol. The number of aryl methyl sites for hydroxylation is 2. The molecule has 0 spiro atoms. The Bertz CT molecular complexity index is 523. The van der Waals surface area contributed by atoms with E-state index in [0.29, 0.717) is 11.1 Å². The zero-order chi connectivity index (χ0) is 11.0. The molecule has 0 atom stereocenters. The smallest absolute Gasteiger partial charge is 0.372 e. The number of benzene rings is 1. The third kappa shape index (κ3) is 1.40. The molecule has 0 aliphatic rings. The SMILES string of the molecule is CCc1cccc2c(C)c(C(=O)O)oc12. The van der Waals surface area contributed by atoms with E-state index in [1.54, 1.807) is 6.92 Å². The molecule has 0 unspecified atom stereocenters. The van der Waals surface area contributed by atoms with Crippen molar-refractivity contribution in [3.8, 4) is 0 Å². The number of fused-ring (bicyclic) bond motifs is 1. The second kappa shape index (κ2) is 3.42. The van der Waals surface area contributed by atoms with Gasteiger partial charge in [0.15, 0.2) is 0 Å². The van der Waals surface area contributed by atoms with Crippen LogP contribution in [0.4, 0.5) is 0 Å². The second-order valence-electron chi connectivity index (χ2n) is 3.51. The van der Waals surface area contributed by atoms with Crippen molar-refractivity contribution in [3.63, 3.8) is 0 Å². The van der Waals surface area contributed by atoms with Gasteiger partial charge in [-0.2, -0.15) is 0 Å². The molecule has 3 heteroatoms. The van der Waals surface area contributed by atoms with Gasteiger partial charge in [0.2, 0.25) is 5.76 Å². The van der Waals surface area contributed by atoms with E-state index < -0.39 is 5.97 Å². The summed E-state index contributed by atoms with van der Waals surface area (Å²) in [5.41, 5.74) is 2.45. The lowest BCUT2D eigenvalue weighted by Crippen LogP contribution is -1.95. The molecule has 0 saturated carbocycles. The van der Waals surface area contributed by atoms with Gasteiger partial charge in [0, 0.05) is 10.9 Å². The van der Waals surface area contributed by atoms with E-state index in [2.05, 4.69) is 0 Å². The number of para-hydroxylation sites is 1. The van der Waals surface area contributed by atoms with Crippen LogP contribution in [0.15, 0.2) is 22.6 Å². The minimum absolute atomic E-state index is 0.0471. The second-order valence-corrected chi connectivity index (χ2v) is 3.51. The van der Waals surface area contributed by atoms with Gasteiger partial charge in [0.25, 0.3) is 0 Å². The third-order valence-electron chi connectivity index (χ3n) is 2.62. The molecule has 0 aliphatic heterocycles. The number of furan rings is 1. The minimum atomic E-state index is -1.01. The predicted molar refractivity (Wildman–Crippen MR) is 57.3 cm³/mol. The number of hydrogen-bond donors (Lipinski definition) is 1. The first-order valence-corrected chi connectivity index (χ1v) is 4.89. The van der Waals surface area contributed by atoms with Gasteiger partial charge in [-0.25, -0.2) is 4.79 Å². The topological polar surface area (TPSA) is 50.4 Å². The molecule has 0 radical (unpaired) electrons. The highest BCUT2D eigenvalue weighted by Crippen LogP contribution is 2.28. The van der Waals surface area contributed by atoms with Gasteiger partial charge in [0.1, 0.15) is 5.58 Å². The Kier molecular flexibility index (Phi) is 2.23. The van der Waals surface area contributed by atoms with Crippen LogP contribution in [0.3, 0.4) is 0 Å². The number of carboxylic acid groups (broad SMARTS) is 1. The summed E-state index contributed by atoms with van der Waals surface area (Å²) in [4.78, 5) is 10.9. The Balaban J connectivity index is 2.81. The lowest BCUT2D eigenvalue weighted by atomic mass is 10.1. The maximum atomic E-state index is 10.9. The van der Waals surface area contributed by atoms with Gasteiger partial charge in [-0.15, -0.1) is 0 Å². The molecule has 0 fully saturated rings. The van der Waals surface area contributed by atoms with E-state index in [1.165, 1.54) is 0 Å². The van der Waals surface area contributed by atoms with Crippen LogP contribution in [0.1, 0.15) is 28.6 Å². The van der Waals surface area contributed by atoms with Crippen LogP contribution >= 0.6 is 0 Å². The molecule has 2 aromatic rings. The molecule has 0 saturated heterocycles. The summed E-state index contributed by atoms with van der Waals surface area (Å²) in [5.74, 6) is -0.961. The highest BCUT2D eigenvalue weighted by Gasteiger charge is 2.17. The number of rotatable bonds is 2. The largest absolute Gasteiger partial charge is 0.475 e. The van der Waals surface area contributed by atoms with Crippen LogP contribution in [0.25, 0.3) is 11.0 Å². The molecule has 78 valence electrons. The first kappa shape index (κ1) is 9.77. The summed E-state index contributed by atoms with van der Waals surface area (Å²) in [5, 5.41) is 9.83. The van der Waals surface area contributed by atoms with E-state index >= 15 is 0 Å². The Morgan fingerprint density at radius 2 is 2.20 bits per heavy atom. The molecule has 0 amide bonds. The zero-order valence-corrected chi connectivity index (χ0v) is 8.70. The maximum absolute atomic E-state index is 10.9. The van der Waals surface area contributed by atoms with E-state index in [0.717, 1.165) is 17.4 Å². The lowest BCUT2D eigenvalue weighted by molar-refractivity contribution is 0.0664. The standard InChI is InChI=1S/C12H12O3/c1-3-8-5-4-6-9-7(2)10(12(13)14)15-11(8)9/h4-6H,3H2,1-2H3,(H,13,14). The van der Waals surface area contributed by atoms with E-state index in [1.807, 2.05) is 25.1 Å². The van der Waals surface area contributed by atoms with Gasteiger partial charge in [-0.1, -0.05) is 25.1 Å². The van der Waals surface area contributed by atoms with Gasteiger partial charge in [-0.3, -0.25) is 0 Å². The number of hydrogen-bond acceptors (Lipinski definition) is 2. The summed E-state index contributed by atoms with van der Waals surface area (Å²) >= 11 is 0. The normalized spacial score (nSPS) is 10.8. The maximum Gasteiger partial charge on any atom is 0.372 e. The highest BCUT2D eigenvalue weighted by atomic mass is 16.4. The number of aromatic carboxylic acids is 1. The molecule has 0 bridgehead atoms. The van der Waals surface area contributed by atoms with Crippen LogP contribution in [0.5, 0.6) is 0 Å². The van der Waals surface area contributed by atoms with E-state index in [-0.39, 0.29) is 5.76 Å². The quantitative estimate of drug-likeness (QED) is 0.818. The van der Waals surface area contributed by atoms with Gasteiger partial charge in [-0.05, 0) is 18.9 Å². The molecule has 3 nitrogen and oxygen atoms in total. The lowest BCUT2D eigenvalue weighted by Gasteiger charge is -1.96.